The van der Waals surface area contributed by atoms with Gasteiger partial charge in [-0.1, -0.05) is 17.7 Å². The SMILES string of the molecule is COc1ccc(C(=O)N(Cc2c(F)cccc2Cl)C2CC2)c(F)c1. The average molecular weight is 352 g/mol. The van der Waals surface area contributed by atoms with Crippen molar-refractivity contribution in [3.63, 3.8) is 0 Å². The summed E-state index contributed by atoms with van der Waals surface area (Å²) in [4.78, 5) is 14.2. The first-order valence-corrected chi connectivity index (χ1v) is 7.96. The zero-order chi connectivity index (χ0) is 17.3. The van der Waals surface area contributed by atoms with Gasteiger partial charge in [-0.25, -0.2) is 8.78 Å². The maximum Gasteiger partial charge on any atom is 0.257 e. The van der Waals surface area contributed by atoms with Crippen molar-refractivity contribution in [2.45, 2.75) is 25.4 Å². The number of rotatable bonds is 5. The molecule has 0 aromatic heterocycles. The highest BCUT2D eigenvalue weighted by molar-refractivity contribution is 6.31. The number of amides is 1. The Kier molecular flexibility index (Phi) is 4.71. The molecule has 0 atom stereocenters. The smallest absolute Gasteiger partial charge is 0.257 e. The topological polar surface area (TPSA) is 29.5 Å². The highest BCUT2D eigenvalue weighted by atomic mass is 35.5. The predicted octanol–water partition coefficient (Wildman–Crippen LogP) is 4.43. The highest BCUT2D eigenvalue weighted by Crippen LogP contribution is 2.32. The summed E-state index contributed by atoms with van der Waals surface area (Å²) in [7, 11) is 1.42. The van der Waals surface area contributed by atoms with Crippen LogP contribution < -0.4 is 4.74 Å². The molecule has 0 radical (unpaired) electrons. The summed E-state index contributed by atoms with van der Waals surface area (Å²) in [5.41, 5.74) is 0.184. The Labute approximate surface area is 143 Å². The fourth-order valence-corrected chi connectivity index (χ4v) is 2.78. The summed E-state index contributed by atoms with van der Waals surface area (Å²) in [6.45, 7) is 0.0144. The van der Waals surface area contributed by atoms with Crippen molar-refractivity contribution in [2.24, 2.45) is 0 Å². The van der Waals surface area contributed by atoms with Gasteiger partial charge in [0.05, 0.1) is 19.2 Å². The molecule has 3 nitrogen and oxygen atoms in total. The van der Waals surface area contributed by atoms with Crippen LogP contribution in [-0.4, -0.2) is 24.0 Å². The summed E-state index contributed by atoms with van der Waals surface area (Å²) in [6.07, 6.45) is 1.63. The molecule has 0 unspecified atom stereocenters. The molecule has 0 bridgehead atoms. The van der Waals surface area contributed by atoms with Gasteiger partial charge in [0, 0.05) is 22.7 Å². The molecule has 0 saturated heterocycles. The molecule has 1 aliphatic rings. The van der Waals surface area contributed by atoms with Crippen LogP contribution in [0.5, 0.6) is 5.75 Å². The summed E-state index contributed by atoms with van der Waals surface area (Å²) in [6, 6.07) is 8.43. The number of carbonyl (C=O) groups excluding carboxylic acids is 1. The molecule has 126 valence electrons. The number of methoxy groups -OCH3 is 1. The molecule has 2 aromatic rings. The van der Waals surface area contributed by atoms with Crippen LogP contribution in [0.1, 0.15) is 28.8 Å². The van der Waals surface area contributed by atoms with Gasteiger partial charge in [-0.05, 0) is 37.1 Å². The molecule has 24 heavy (non-hydrogen) atoms. The van der Waals surface area contributed by atoms with Crippen LogP contribution in [0.2, 0.25) is 5.02 Å². The van der Waals surface area contributed by atoms with E-state index in [0.717, 1.165) is 18.9 Å². The Morgan fingerprint density at radius 1 is 1.25 bits per heavy atom. The number of halogens is 3. The molecule has 0 heterocycles. The number of nitrogens with zero attached hydrogens (tertiary/aromatic N) is 1. The van der Waals surface area contributed by atoms with Crippen molar-refractivity contribution in [1.29, 1.82) is 0 Å². The van der Waals surface area contributed by atoms with Crippen LogP contribution in [-0.2, 0) is 6.54 Å². The highest BCUT2D eigenvalue weighted by Gasteiger charge is 2.35. The molecule has 0 aliphatic heterocycles. The van der Waals surface area contributed by atoms with Crippen LogP contribution in [0.25, 0.3) is 0 Å². The van der Waals surface area contributed by atoms with Crippen molar-refractivity contribution in [1.82, 2.24) is 4.90 Å². The third kappa shape index (κ3) is 3.36. The van der Waals surface area contributed by atoms with Crippen LogP contribution in [0, 0.1) is 11.6 Å². The molecule has 1 fully saturated rings. The lowest BCUT2D eigenvalue weighted by atomic mass is 10.1. The van der Waals surface area contributed by atoms with Crippen molar-refractivity contribution in [3.05, 3.63) is 64.2 Å². The van der Waals surface area contributed by atoms with Gasteiger partial charge < -0.3 is 9.64 Å². The van der Waals surface area contributed by atoms with Crippen LogP contribution in [0.4, 0.5) is 8.78 Å². The Balaban J connectivity index is 1.90. The van der Waals surface area contributed by atoms with Gasteiger partial charge in [0.1, 0.15) is 17.4 Å². The van der Waals surface area contributed by atoms with E-state index in [1.807, 2.05) is 0 Å². The molecule has 1 amide bonds. The van der Waals surface area contributed by atoms with E-state index in [1.54, 1.807) is 6.07 Å². The first kappa shape index (κ1) is 16.7. The molecular formula is C18H16ClF2NO2. The molecule has 3 rings (SSSR count). The quantitative estimate of drug-likeness (QED) is 0.797. The van der Waals surface area contributed by atoms with Gasteiger partial charge in [-0.3, -0.25) is 4.79 Å². The van der Waals surface area contributed by atoms with Crippen molar-refractivity contribution >= 4 is 17.5 Å². The van der Waals surface area contributed by atoms with E-state index in [0.29, 0.717) is 5.75 Å². The molecule has 6 heteroatoms. The van der Waals surface area contributed by atoms with Gasteiger partial charge in [-0.15, -0.1) is 0 Å². The lowest BCUT2D eigenvalue weighted by Gasteiger charge is -2.23. The second-order valence-corrected chi connectivity index (χ2v) is 6.12. The van der Waals surface area contributed by atoms with Crippen molar-refractivity contribution in [3.8, 4) is 5.75 Å². The number of hydrogen-bond donors (Lipinski definition) is 0. The summed E-state index contributed by atoms with van der Waals surface area (Å²) in [5.74, 6) is -1.28. The van der Waals surface area contributed by atoms with E-state index in [4.69, 9.17) is 16.3 Å². The van der Waals surface area contributed by atoms with Crippen LogP contribution in [0.15, 0.2) is 36.4 Å². The van der Waals surface area contributed by atoms with Crippen LogP contribution in [0.3, 0.4) is 0 Å². The molecule has 0 spiro atoms. The van der Waals surface area contributed by atoms with Gasteiger partial charge in [0.2, 0.25) is 0 Å². The van der Waals surface area contributed by atoms with E-state index < -0.39 is 17.5 Å². The Bertz CT molecular complexity index is 757. The number of carbonyl (C=O) groups is 1. The van der Waals surface area contributed by atoms with Gasteiger partial charge in [0.15, 0.2) is 0 Å². The second kappa shape index (κ2) is 6.77. The minimum absolute atomic E-state index is 0.0144. The second-order valence-electron chi connectivity index (χ2n) is 5.71. The lowest BCUT2D eigenvalue weighted by molar-refractivity contribution is 0.0723. The number of benzene rings is 2. The van der Waals surface area contributed by atoms with Gasteiger partial charge in [0.25, 0.3) is 5.91 Å². The first-order chi connectivity index (χ1) is 11.5. The third-order valence-electron chi connectivity index (χ3n) is 4.05. The normalized spacial score (nSPS) is 13.7. The maximum absolute atomic E-state index is 14.2. The predicted molar refractivity (Wildman–Crippen MR) is 87.3 cm³/mol. The first-order valence-electron chi connectivity index (χ1n) is 7.58. The van der Waals surface area contributed by atoms with E-state index in [1.165, 1.54) is 36.3 Å². The van der Waals surface area contributed by atoms with E-state index >= 15 is 0 Å². The fraction of sp³-hybridized carbons (Fsp3) is 0.278. The molecule has 0 N–H and O–H groups in total. The fourth-order valence-electron chi connectivity index (χ4n) is 2.56. The van der Waals surface area contributed by atoms with Crippen molar-refractivity contribution < 1.29 is 18.3 Å². The zero-order valence-electron chi connectivity index (χ0n) is 13.1. The summed E-state index contributed by atoms with van der Waals surface area (Å²) < 4.78 is 33.2. The Morgan fingerprint density at radius 3 is 2.58 bits per heavy atom. The molecule has 1 aliphatic carbocycles. The number of ether oxygens (including phenoxy) is 1. The van der Waals surface area contributed by atoms with Crippen LogP contribution >= 0.6 is 11.6 Å². The zero-order valence-corrected chi connectivity index (χ0v) is 13.8. The van der Waals surface area contributed by atoms with Gasteiger partial charge in [-0.2, -0.15) is 0 Å². The minimum Gasteiger partial charge on any atom is -0.497 e. The molecule has 2 aromatic carbocycles. The maximum atomic E-state index is 14.2. The number of hydrogen-bond acceptors (Lipinski definition) is 2. The van der Waals surface area contributed by atoms with E-state index in [2.05, 4.69) is 0 Å². The monoisotopic (exact) mass is 351 g/mol. The largest absolute Gasteiger partial charge is 0.497 e. The lowest BCUT2D eigenvalue weighted by Crippen LogP contribution is -2.33. The standard InChI is InChI=1S/C18H16ClF2NO2/c1-24-12-7-8-13(17(21)9-12)18(23)22(11-5-6-11)10-14-15(19)3-2-4-16(14)20/h2-4,7-9,11H,5-6,10H2,1H3. The average Bonchev–Trinajstić information content (AvgIpc) is 3.38. The molecule has 1 saturated carbocycles. The Hall–Kier alpha value is -2.14. The van der Waals surface area contributed by atoms with Gasteiger partial charge >= 0.3 is 0 Å². The third-order valence-corrected chi connectivity index (χ3v) is 4.40. The molecular weight excluding hydrogens is 336 g/mol. The Morgan fingerprint density at radius 2 is 2.00 bits per heavy atom. The minimum atomic E-state index is -0.662. The summed E-state index contributed by atoms with van der Waals surface area (Å²) in [5, 5.41) is 0.253. The van der Waals surface area contributed by atoms with E-state index in [9.17, 15) is 13.6 Å². The van der Waals surface area contributed by atoms with Crippen molar-refractivity contribution in [2.75, 3.05) is 7.11 Å². The summed E-state index contributed by atoms with van der Waals surface area (Å²) >= 11 is 6.05. The van der Waals surface area contributed by atoms with E-state index in [-0.39, 0.29) is 28.7 Å².